The van der Waals surface area contributed by atoms with Crippen molar-refractivity contribution in [2.45, 2.75) is 52.1 Å². The number of carbonyl (C=O) groups is 1. The Bertz CT molecular complexity index is 600. The molecule has 1 heterocycles. The van der Waals surface area contributed by atoms with Crippen LogP contribution in [0, 0.1) is 17.7 Å². The summed E-state index contributed by atoms with van der Waals surface area (Å²) in [5.74, 6) is -1.70. The van der Waals surface area contributed by atoms with E-state index in [1.807, 2.05) is 0 Å². The van der Waals surface area contributed by atoms with Crippen LogP contribution >= 0.6 is 0 Å². The van der Waals surface area contributed by atoms with E-state index in [1.165, 1.54) is 32.1 Å². The molecule has 4 N–H and O–H groups in total. The number of aromatic nitrogens is 1. The average molecular weight is 379 g/mol. The highest BCUT2D eigenvalue weighted by Gasteiger charge is 2.30. The summed E-state index contributed by atoms with van der Waals surface area (Å²) in [6.45, 7) is 3.03. The third-order valence-electron chi connectivity index (χ3n) is 4.20. The highest BCUT2D eigenvalue weighted by molar-refractivity contribution is 5.95. The number of ether oxygens (including phenoxy) is 1. The van der Waals surface area contributed by atoms with Gasteiger partial charge in [0.15, 0.2) is 18.2 Å². The van der Waals surface area contributed by atoms with E-state index < -0.39 is 41.8 Å². The van der Waals surface area contributed by atoms with Crippen molar-refractivity contribution < 1.29 is 27.1 Å². The maximum absolute atomic E-state index is 12.9. The quantitative estimate of drug-likeness (QED) is 0.772. The van der Waals surface area contributed by atoms with Crippen molar-refractivity contribution in [3.63, 3.8) is 0 Å². The van der Waals surface area contributed by atoms with Crippen LogP contribution in [0.5, 0.6) is 5.88 Å². The number of nitrogen functional groups attached to an aromatic ring is 1. The van der Waals surface area contributed by atoms with Crippen molar-refractivity contribution in [2.24, 2.45) is 17.6 Å². The Kier molecular flexibility index (Phi) is 8.10. The molecular weight excluding hydrogens is 354 g/mol. The van der Waals surface area contributed by atoms with Crippen LogP contribution in [0.15, 0.2) is 6.07 Å². The molecule has 1 aromatic rings. The van der Waals surface area contributed by atoms with E-state index in [0.717, 1.165) is 11.8 Å². The molecule has 1 fully saturated rings. The number of nitrogens with two attached hydrogens (primary N) is 2. The van der Waals surface area contributed by atoms with Gasteiger partial charge in [0.25, 0.3) is 5.91 Å². The molecule has 0 aromatic carbocycles. The number of anilines is 1. The van der Waals surface area contributed by atoms with Crippen molar-refractivity contribution in [3.05, 3.63) is 17.4 Å². The maximum Gasteiger partial charge on any atom is 0.422 e. The predicted molar refractivity (Wildman–Crippen MR) is 90.1 cm³/mol. The fraction of sp³-hybridized carbons (Fsp3) is 0.647. The molecule has 0 atom stereocenters. The van der Waals surface area contributed by atoms with Gasteiger partial charge in [-0.2, -0.15) is 18.2 Å². The fourth-order valence-electron chi connectivity index (χ4n) is 2.72. The molecule has 1 aromatic heterocycles. The van der Waals surface area contributed by atoms with Crippen LogP contribution in [0.25, 0.3) is 0 Å². The molecule has 9 heteroatoms. The van der Waals surface area contributed by atoms with Crippen molar-refractivity contribution in [2.75, 3.05) is 12.3 Å². The fourth-order valence-corrected chi connectivity index (χ4v) is 2.72. The van der Waals surface area contributed by atoms with Crippen molar-refractivity contribution in [1.82, 2.24) is 4.98 Å². The van der Waals surface area contributed by atoms with Gasteiger partial charge in [-0.25, -0.2) is 4.39 Å². The Morgan fingerprint density at radius 2 is 1.88 bits per heavy atom. The van der Waals surface area contributed by atoms with Gasteiger partial charge in [-0.3, -0.25) is 4.79 Å². The summed E-state index contributed by atoms with van der Waals surface area (Å²) < 4.78 is 52.8. The van der Waals surface area contributed by atoms with Crippen molar-refractivity contribution in [1.29, 1.82) is 0 Å². The number of alkyl halides is 3. The molecule has 1 aliphatic rings. The zero-order valence-corrected chi connectivity index (χ0v) is 14.9. The van der Waals surface area contributed by atoms with Crippen LogP contribution in [0.1, 0.15) is 56.3 Å². The minimum Gasteiger partial charge on any atom is -0.467 e. The third kappa shape index (κ3) is 7.45. The number of primary amides is 1. The molecule has 0 saturated heterocycles. The summed E-state index contributed by atoms with van der Waals surface area (Å²) in [7, 11) is 0. The molecule has 0 aliphatic heterocycles. The second-order valence-corrected chi connectivity index (χ2v) is 6.62. The van der Waals surface area contributed by atoms with E-state index in [2.05, 4.69) is 23.6 Å². The van der Waals surface area contributed by atoms with Gasteiger partial charge in [-0.05, 0) is 17.9 Å². The summed E-state index contributed by atoms with van der Waals surface area (Å²) >= 11 is 0. The molecule has 1 saturated carbocycles. The molecular formula is C17H25F4N3O2. The Morgan fingerprint density at radius 3 is 2.31 bits per heavy atom. The van der Waals surface area contributed by atoms with Crippen LogP contribution in [-0.2, 0) is 0 Å². The smallest absolute Gasteiger partial charge is 0.422 e. The molecule has 0 unspecified atom stereocenters. The molecule has 0 radical (unpaired) electrons. The van der Waals surface area contributed by atoms with Crippen LogP contribution in [0.2, 0.25) is 0 Å². The minimum atomic E-state index is -4.63. The van der Waals surface area contributed by atoms with Crippen molar-refractivity contribution >= 4 is 11.7 Å². The van der Waals surface area contributed by atoms with Crippen LogP contribution in [-0.4, -0.2) is 23.7 Å². The number of amides is 1. The van der Waals surface area contributed by atoms with Gasteiger partial charge in [0, 0.05) is 0 Å². The number of halogens is 4. The number of hydrogen-bond donors (Lipinski definition) is 2. The van der Waals surface area contributed by atoms with E-state index in [0.29, 0.717) is 6.07 Å². The first-order chi connectivity index (χ1) is 12.0. The van der Waals surface area contributed by atoms with E-state index in [4.69, 9.17) is 11.5 Å². The number of pyridine rings is 1. The number of carbonyl (C=O) groups excluding carboxylic acids is 1. The van der Waals surface area contributed by atoms with Gasteiger partial charge >= 0.3 is 6.18 Å². The largest absolute Gasteiger partial charge is 0.467 e. The molecule has 5 nitrogen and oxygen atoms in total. The zero-order chi connectivity index (χ0) is 19.9. The average Bonchev–Trinajstić information content (AvgIpc) is 2.56. The van der Waals surface area contributed by atoms with E-state index in [1.54, 1.807) is 0 Å². The first-order valence-corrected chi connectivity index (χ1v) is 8.46. The van der Waals surface area contributed by atoms with Crippen LogP contribution in [0.3, 0.4) is 0 Å². The van der Waals surface area contributed by atoms with Gasteiger partial charge in [-0.15, -0.1) is 0 Å². The molecule has 26 heavy (non-hydrogen) atoms. The Balaban J connectivity index is 0.000000314. The number of nitrogens with zero attached hydrogens (tertiary/aromatic N) is 1. The molecule has 2 rings (SSSR count). The summed E-state index contributed by atoms with van der Waals surface area (Å²) in [6.07, 6.45) is 2.84. The molecule has 0 bridgehead atoms. The van der Waals surface area contributed by atoms with Gasteiger partial charge in [0.05, 0.1) is 0 Å². The van der Waals surface area contributed by atoms with Gasteiger partial charge in [0.1, 0.15) is 5.56 Å². The first-order valence-electron chi connectivity index (χ1n) is 8.46. The van der Waals surface area contributed by atoms with Crippen LogP contribution in [0.4, 0.5) is 23.4 Å². The monoisotopic (exact) mass is 379 g/mol. The third-order valence-corrected chi connectivity index (χ3v) is 4.20. The van der Waals surface area contributed by atoms with Crippen molar-refractivity contribution in [3.8, 4) is 5.88 Å². The summed E-state index contributed by atoms with van der Waals surface area (Å²) in [5, 5.41) is 0. The number of rotatable bonds is 4. The second kappa shape index (κ2) is 9.59. The lowest BCUT2D eigenvalue weighted by molar-refractivity contribution is -0.154. The highest BCUT2D eigenvalue weighted by atomic mass is 19.4. The molecule has 0 spiro atoms. The molecule has 148 valence electrons. The van der Waals surface area contributed by atoms with E-state index >= 15 is 0 Å². The van der Waals surface area contributed by atoms with Crippen LogP contribution < -0.4 is 16.2 Å². The zero-order valence-electron chi connectivity index (χ0n) is 14.9. The summed E-state index contributed by atoms with van der Waals surface area (Å²) in [6, 6.07) is 0.566. The summed E-state index contributed by atoms with van der Waals surface area (Å²) in [4.78, 5) is 14.0. The lowest BCUT2D eigenvalue weighted by Gasteiger charge is -2.24. The lowest BCUT2D eigenvalue weighted by atomic mass is 9.82. The van der Waals surface area contributed by atoms with E-state index in [-0.39, 0.29) is 0 Å². The van der Waals surface area contributed by atoms with E-state index in [9.17, 15) is 22.4 Å². The van der Waals surface area contributed by atoms with Gasteiger partial charge < -0.3 is 16.2 Å². The first kappa shape index (κ1) is 22.0. The minimum absolute atomic E-state index is 0.566. The van der Waals surface area contributed by atoms with Gasteiger partial charge in [-0.1, -0.05) is 46.0 Å². The SMILES string of the molecule is CC(C)C1CCCCC1.NC(=O)c1cc(F)c(N)nc1OCC(F)(F)F. The van der Waals surface area contributed by atoms with Gasteiger partial charge in [0.2, 0.25) is 5.88 Å². The topological polar surface area (TPSA) is 91.2 Å². The Hall–Kier alpha value is -2.06. The standard InChI is InChI=1S/C9H18.C8H7F4N3O2/c1-8(2)9-6-4-3-5-7-9;9-4-1-3(6(14)16)7(15-5(4)13)17-2-8(10,11)12/h8-9H,3-7H2,1-2H3;1H,2H2,(H2,13,15)(H2,14,16). The molecule has 1 amide bonds. The highest BCUT2D eigenvalue weighted by Crippen LogP contribution is 2.29. The number of hydrogen-bond acceptors (Lipinski definition) is 4. The second-order valence-electron chi connectivity index (χ2n) is 6.62. The normalized spacial score (nSPS) is 15.3. The Morgan fingerprint density at radius 1 is 1.31 bits per heavy atom. The summed E-state index contributed by atoms with van der Waals surface area (Å²) in [5.41, 5.74) is 9.24. The molecule has 1 aliphatic carbocycles. The maximum atomic E-state index is 12.9. The predicted octanol–water partition coefficient (Wildman–Crippen LogP) is 4.07. The Labute approximate surface area is 150 Å². The lowest BCUT2D eigenvalue weighted by Crippen LogP contribution is -2.22.